The van der Waals surface area contributed by atoms with Crippen molar-refractivity contribution < 1.29 is 32.3 Å². The van der Waals surface area contributed by atoms with E-state index in [9.17, 15) is 22.8 Å². The number of pyridine rings is 1. The van der Waals surface area contributed by atoms with E-state index < -0.39 is 50.8 Å². The van der Waals surface area contributed by atoms with Crippen LogP contribution >= 0.6 is 0 Å². The number of methoxy groups -OCH3 is 1. The molecule has 258 valence electrons. The van der Waals surface area contributed by atoms with Crippen molar-refractivity contribution in [3.63, 3.8) is 0 Å². The number of nitrogens with two attached hydrogens (primary N) is 1. The molecular weight excluding hydrogens is 646 g/mol. The average Bonchev–Trinajstić information content (AvgIpc) is 4.02. The Morgan fingerprint density at radius 3 is 2.63 bits per heavy atom. The molecule has 49 heavy (non-hydrogen) atoms. The summed E-state index contributed by atoms with van der Waals surface area (Å²) in [6, 6.07) is 15.3. The van der Waals surface area contributed by atoms with Crippen molar-refractivity contribution in [2.45, 2.75) is 80.3 Å². The Bertz CT molecular complexity index is 1920. The first-order valence-corrected chi connectivity index (χ1v) is 18.4. The normalized spacial score (nSPS) is 28.1. The van der Waals surface area contributed by atoms with Crippen LogP contribution in [0.15, 0.2) is 66.7 Å². The lowest BCUT2D eigenvalue weighted by Crippen LogP contribution is -2.57. The molecule has 3 heterocycles. The lowest BCUT2D eigenvalue weighted by atomic mass is 10.0. The molecule has 3 aromatic rings. The van der Waals surface area contributed by atoms with Crippen LogP contribution in [0.3, 0.4) is 0 Å². The largest absolute Gasteiger partial charge is 0.497 e. The van der Waals surface area contributed by atoms with Crippen molar-refractivity contribution in [3.8, 4) is 22.8 Å². The quantitative estimate of drug-likeness (QED) is 0.316. The van der Waals surface area contributed by atoms with Gasteiger partial charge in [0.2, 0.25) is 21.8 Å². The number of hydrogen-bond acceptors (Lipinski definition) is 9. The second-order valence-corrected chi connectivity index (χ2v) is 15.5. The number of benzene rings is 2. The van der Waals surface area contributed by atoms with Crippen LogP contribution in [-0.2, 0) is 24.4 Å². The first-order chi connectivity index (χ1) is 23.6. The smallest absolute Gasteiger partial charge is 0.259 e. The molecular formula is C36H41N5O7S. The minimum atomic E-state index is -3.84. The summed E-state index contributed by atoms with van der Waals surface area (Å²) in [6.45, 7) is 0.101. The summed E-state index contributed by atoms with van der Waals surface area (Å²) in [6.07, 6.45) is 7.33. The van der Waals surface area contributed by atoms with E-state index in [1.165, 1.54) is 4.90 Å². The molecule has 4 aliphatic rings. The first kappa shape index (κ1) is 33.0. The molecule has 1 saturated heterocycles. The predicted molar refractivity (Wildman–Crippen MR) is 183 cm³/mol. The number of nitrogens with one attached hydrogen (secondary N) is 2. The van der Waals surface area contributed by atoms with Gasteiger partial charge in [-0.25, -0.2) is 13.4 Å². The highest BCUT2D eigenvalue weighted by atomic mass is 32.2. The Hall–Kier alpha value is -4.49. The summed E-state index contributed by atoms with van der Waals surface area (Å²) in [5.74, 6) is -0.858. The van der Waals surface area contributed by atoms with Crippen LogP contribution < -0.4 is 25.2 Å². The van der Waals surface area contributed by atoms with Gasteiger partial charge in [-0.3, -0.25) is 19.1 Å². The molecule has 12 nitrogen and oxygen atoms in total. The van der Waals surface area contributed by atoms with Gasteiger partial charge in [0.1, 0.15) is 29.2 Å². The molecule has 1 unspecified atom stereocenters. The van der Waals surface area contributed by atoms with E-state index in [4.69, 9.17) is 20.2 Å². The molecule has 0 radical (unpaired) electrons. The molecule has 2 saturated carbocycles. The summed E-state index contributed by atoms with van der Waals surface area (Å²) in [4.78, 5) is 47.8. The molecule has 5 atom stereocenters. The monoisotopic (exact) mass is 687 g/mol. The predicted octanol–water partition coefficient (Wildman–Crippen LogP) is 3.20. The minimum Gasteiger partial charge on any atom is -0.497 e. The third kappa shape index (κ3) is 6.73. The van der Waals surface area contributed by atoms with Crippen LogP contribution in [0.4, 0.5) is 0 Å². The topological polar surface area (TPSA) is 170 Å². The van der Waals surface area contributed by atoms with Crippen LogP contribution in [0.25, 0.3) is 22.2 Å². The van der Waals surface area contributed by atoms with Gasteiger partial charge in [0.05, 0.1) is 36.2 Å². The van der Waals surface area contributed by atoms with Crippen molar-refractivity contribution in [1.82, 2.24) is 19.9 Å². The molecule has 4 N–H and O–H groups in total. The first-order valence-electron chi connectivity index (χ1n) is 16.9. The fourth-order valence-electron chi connectivity index (χ4n) is 6.90. The van der Waals surface area contributed by atoms with E-state index in [0.717, 1.165) is 17.4 Å². The van der Waals surface area contributed by atoms with Gasteiger partial charge in [-0.1, -0.05) is 48.9 Å². The summed E-state index contributed by atoms with van der Waals surface area (Å²) in [5.41, 5.74) is 7.20. The zero-order valence-corrected chi connectivity index (χ0v) is 28.2. The highest BCUT2D eigenvalue weighted by molar-refractivity contribution is 7.91. The lowest BCUT2D eigenvalue weighted by molar-refractivity contribution is -0.140. The van der Waals surface area contributed by atoms with Gasteiger partial charge in [0, 0.05) is 35.4 Å². The molecule has 2 aliphatic heterocycles. The highest BCUT2D eigenvalue weighted by Crippen LogP contribution is 2.46. The van der Waals surface area contributed by atoms with Gasteiger partial charge < -0.3 is 25.4 Å². The molecule has 2 aliphatic carbocycles. The maximum Gasteiger partial charge on any atom is 0.259 e. The Morgan fingerprint density at radius 2 is 1.88 bits per heavy atom. The van der Waals surface area contributed by atoms with E-state index in [0.29, 0.717) is 54.8 Å². The van der Waals surface area contributed by atoms with Gasteiger partial charge in [-0.2, -0.15) is 0 Å². The Labute approximate surface area is 285 Å². The summed E-state index contributed by atoms with van der Waals surface area (Å²) in [5, 5.41) is 3.03. The molecule has 13 heteroatoms. The summed E-state index contributed by atoms with van der Waals surface area (Å²) >= 11 is 0. The maximum atomic E-state index is 14.1. The number of hydrogen-bond donors (Lipinski definition) is 3. The van der Waals surface area contributed by atoms with Crippen molar-refractivity contribution >= 4 is 38.6 Å². The maximum absolute atomic E-state index is 14.1. The second-order valence-electron chi connectivity index (χ2n) is 13.5. The van der Waals surface area contributed by atoms with Crippen molar-refractivity contribution in [2.75, 3.05) is 13.7 Å². The van der Waals surface area contributed by atoms with Crippen LogP contribution in [0, 0.1) is 5.92 Å². The Balaban J connectivity index is 1.19. The van der Waals surface area contributed by atoms with Crippen LogP contribution in [-0.4, -0.2) is 78.7 Å². The number of fused-ring (bicyclic) bond motifs is 3. The number of rotatable bonds is 7. The second kappa shape index (κ2) is 13.1. The van der Waals surface area contributed by atoms with Crippen molar-refractivity contribution in [1.29, 1.82) is 0 Å². The van der Waals surface area contributed by atoms with E-state index in [1.807, 2.05) is 66.7 Å². The molecule has 3 fully saturated rings. The van der Waals surface area contributed by atoms with Gasteiger partial charge in [-0.05, 0) is 50.7 Å². The molecule has 0 spiro atoms. The minimum absolute atomic E-state index is 0.101. The number of nitrogens with zero attached hydrogens (tertiary/aromatic N) is 2. The zero-order valence-electron chi connectivity index (χ0n) is 27.3. The van der Waals surface area contributed by atoms with Gasteiger partial charge in [-0.15, -0.1) is 0 Å². The Kier molecular flexibility index (Phi) is 8.82. The van der Waals surface area contributed by atoms with E-state index >= 15 is 0 Å². The molecule has 2 aromatic carbocycles. The van der Waals surface area contributed by atoms with E-state index in [2.05, 4.69) is 10.0 Å². The number of ether oxygens (including phenoxy) is 2. The SMILES string of the molecule is COc1ccc2c(O[C@@H]3C[C@H]4C(=O)N[C@]5(C(=O)NS(=O)(=O)C6CC6)CC5/C=C\CCCC[C@H](N)C(=O)N4C3)cc(-c3ccccc3)nc2c1. The molecule has 3 amide bonds. The van der Waals surface area contributed by atoms with Gasteiger partial charge in [0.15, 0.2) is 0 Å². The fourth-order valence-corrected chi connectivity index (χ4v) is 8.27. The van der Waals surface area contributed by atoms with E-state index in [-0.39, 0.29) is 31.2 Å². The summed E-state index contributed by atoms with van der Waals surface area (Å²) < 4.78 is 39.7. The number of carbonyl (C=O) groups excluding carboxylic acids is 3. The number of sulfonamides is 1. The highest BCUT2D eigenvalue weighted by Gasteiger charge is 2.62. The molecule has 7 rings (SSSR count). The third-order valence-corrected chi connectivity index (χ3v) is 11.8. The van der Waals surface area contributed by atoms with Crippen LogP contribution in [0.1, 0.15) is 51.4 Å². The zero-order chi connectivity index (χ0) is 34.3. The van der Waals surface area contributed by atoms with Crippen molar-refractivity contribution in [2.24, 2.45) is 11.7 Å². The van der Waals surface area contributed by atoms with Crippen molar-refractivity contribution in [3.05, 3.63) is 66.7 Å². The third-order valence-electron chi connectivity index (χ3n) is 9.98. The number of allylic oxidation sites excluding steroid dienone is 1. The van der Waals surface area contributed by atoms with Gasteiger partial charge >= 0.3 is 0 Å². The van der Waals surface area contributed by atoms with Crippen LogP contribution in [0.5, 0.6) is 11.5 Å². The Morgan fingerprint density at radius 1 is 1.08 bits per heavy atom. The number of amides is 3. The van der Waals surface area contributed by atoms with Crippen LogP contribution in [0.2, 0.25) is 0 Å². The molecule has 0 bridgehead atoms. The molecule has 1 aromatic heterocycles. The number of carbonyl (C=O) groups is 3. The average molecular weight is 688 g/mol. The fraction of sp³-hybridized carbons (Fsp3) is 0.444. The van der Waals surface area contributed by atoms with Gasteiger partial charge in [0.25, 0.3) is 5.91 Å². The lowest BCUT2D eigenvalue weighted by Gasteiger charge is -2.28. The van der Waals surface area contributed by atoms with E-state index in [1.54, 1.807) is 7.11 Å². The standard InChI is InChI=1S/C36H41N5O7S/c1-47-24-13-16-27-30(17-24)38-29(22-9-5-4-6-10-22)19-32(27)48-25-18-31-33(42)39-36(35(44)40-49(45,46)26-14-15-26)20-23(36)11-7-2-3-8-12-28(37)34(43)41(31)21-25/h4-7,9-11,13,16-17,19,23,25-26,28,31H,2-3,8,12,14-15,18,20-21,37H2,1H3,(H,39,42)(H,40,44)/b11-7-/t23?,25-,28+,31+,36-/m1/s1. The number of aromatic nitrogens is 1. The summed E-state index contributed by atoms with van der Waals surface area (Å²) in [7, 11) is -2.25.